The van der Waals surface area contributed by atoms with E-state index in [1.165, 1.54) is 0 Å². The second-order valence-electron chi connectivity index (χ2n) is 5.90. The summed E-state index contributed by atoms with van der Waals surface area (Å²) in [7, 11) is 0. The van der Waals surface area contributed by atoms with E-state index in [4.69, 9.17) is 4.74 Å². The van der Waals surface area contributed by atoms with Gasteiger partial charge in [-0.1, -0.05) is 18.2 Å². The van der Waals surface area contributed by atoms with E-state index in [1.807, 2.05) is 37.3 Å². The maximum absolute atomic E-state index is 6.00. The summed E-state index contributed by atoms with van der Waals surface area (Å²) < 4.78 is 6.00. The van der Waals surface area contributed by atoms with Gasteiger partial charge in [0.05, 0.1) is 5.69 Å². The van der Waals surface area contributed by atoms with E-state index >= 15 is 0 Å². The number of hydrogen-bond donors (Lipinski definition) is 1. The van der Waals surface area contributed by atoms with E-state index in [1.54, 1.807) is 6.20 Å². The molecule has 0 atom stereocenters. The Morgan fingerprint density at radius 3 is 2.45 bits per heavy atom. The van der Waals surface area contributed by atoms with Crippen LogP contribution in [0.2, 0.25) is 0 Å². The lowest BCUT2D eigenvalue weighted by Gasteiger charge is -2.21. The molecular formula is C17H22N2O. The van der Waals surface area contributed by atoms with Crippen LogP contribution in [0, 0.1) is 6.92 Å². The number of benzene rings is 1. The Morgan fingerprint density at radius 2 is 1.75 bits per heavy atom. The molecular weight excluding hydrogens is 248 g/mol. The van der Waals surface area contributed by atoms with Crippen molar-refractivity contribution in [1.82, 2.24) is 10.3 Å². The Labute approximate surface area is 121 Å². The van der Waals surface area contributed by atoms with Crippen molar-refractivity contribution >= 4 is 0 Å². The highest BCUT2D eigenvalue weighted by molar-refractivity contribution is 5.38. The van der Waals surface area contributed by atoms with Gasteiger partial charge in [0.2, 0.25) is 0 Å². The lowest BCUT2D eigenvalue weighted by molar-refractivity contribution is 0.413. The number of nitrogens with zero attached hydrogens (tertiary/aromatic N) is 1. The molecule has 0 aliphatic heterocycles. The number of rotatable bonds is 4. The zero-order valence-electron chi connectivity index (χ0n) is 12.6. The zero-order valence-corrected chi connectivity index (χ0v) is 12.6. The molecule has 2 aromatic rings. The summed E-state index contributed by atoms with van der Waals surface area (Å²) in [6.07, 6.45) is 1.77. The van der Waals surface area contributed by atoms with Crippen LogP contribution < -0.4 is 10.1 Å². The summed E-state index contributed by atoms with van der Waals surface area (Å²) in [5, 5.41) is 3.48. The van der Waals surface area contributed by atoms with Gasteiger partial charge >= 0.3 is 0 Å². The van der Waals surface area contributed by atoms with Gasteiger partial charge in [0.15, 0.2) is 0 Å². The average molecular weight is 270 g/mol. The van der Waals surface area contributed by atoms with Crippen molar-refractivity contribution in [3.63, 3.8) is 0 Å². The quantitative estimate of drug-likeness (QED) is 0.909. The molecule has 0 radical (unpaired) electrons. The first kappa shape index (κ1) is 14.5. The van der Waals surface area contributed by atoms with Crippen molar-refractivity contribution in [2.24, 2.45) is 0 Å². The molecule has 1 aromatic carbocycles. The molecule has 0 fully saturated rings. The van der Waals surface area contributed by atoms with E-state index in [-0.39, 0.29) is 5.54 Å². The van der Waals surface area contributed by atoms with E-state index in [9.17, 15) is 0 Å². The Bertz CT molecular complexity index is 573. The summed E-state index contributed by atoms with van der Waals surface area (Å²) in [6, 6.07) is 11.9. The fourth-order valence-corrected chi connectivity index (χ4v) is 1.81. The summed E-state index contributed by atoms with van der Waals surface area (Å²) in [4.78, 5) is 4.25. The molecule has 0 saturated heterocycles. The molecule has 0 saturated carbocycles. The Morgan fingerprint density at radius 1 is 1.05 bits per heavy atom. The molecule has 0 unspecified atom stereocenters. The van der Waals surface area contributed by atoms with Crippen LogP contribution in [-0.4, -0.2) is 10.5 Å². The number of aryl methyl sites for hydroxylation is 1. The lowest BCUT2D eigenvalue weighted by atomic mass is 10.1. The summed E-state index contributed by atoms with van der Waals surface area (Å²) >= 11 is 0. The van der Waals surface area contributed by atoms with E-state index in [0.717, 1.165) is 29.3 Å². The first-order valence-electron chi connectivity index (χ1n) is 6.88. The molecule has 106 valence electrons. The number of ether oxygens (including phenoxy) is 1. The van der Waals surface area contributed by atoms with E-state index in [2.05, 4.69) is 37.1 Å². The molecule has 2 rings (SSSR count). The normalized spacial score (nSPS) is 11.4. The highest BCUT2D eigenvalue weighted by Gasteiger charge is 2.11. The zero-order chi connectivity index (χ0) is 14.6. The van der Waals surface area contributed by atoms with Gasteiger partial charge in [-0.2, -0.15) is 0 Å². The van der Waals surface area contributed by atoms with Crippen LogP contribution >= 0.6 is 0 Å². The van der Waals surface area contributed by atoms with Crippen molar-refractivity contribution in [3.05, 3.63) is 53.9 Å². The monoisotopic (exact) mass is 270 g/mol. The number of pyridine rings is 1. The van der Waals surface area contributed by atoms with Crippen molar-refractivity contribution in [2.75, 3.05) is 0 Å². The van der Waals surface area contributed by atoms with Crippen LogP contribution in [-0.2, 0) is 6.54 Å². The molecule has 0 amide bonds. The number of para-hydroxylation sites is 1. The second kappa shape index (κ2) is 6.06. The van der Waals surface area contributed by atoms with E-state index in [0.29, 0.717) is 0 Å². The maximum atomic E-state index is 6.00. The Hall–Kier alpha value is -1.87. The summed E-state index contributed by atoms with van der Waals surface area (Å²) in [6.45, 7) is 9.19. The molecule has 1 N–H and O–H groups in total. The third-order valence-corrected chi connectivity index (χ3v) is 2.96. The molecule has 1 heterocycles. The van der Waals surface area contributed by atoms with Crippen molar-refractivity contribution in [2.45, 2.75) is 39.8 Å². The minimum atomic E-state index is 0.0807. The van der Waals surface area contributed by atoms with Crippen LogP contribution in [0.4, 0.5) is 0 Å². The lowest BCUT2D eigenvalue weighted by Crippen LogP contribution is -2.35. The number of nitrogens with one attached hydrogen (secondary N) is 1. The molecule has 3 nitrogen and oxygen atoms in total. The van der Waals surface area contributed by atoms with Gasteiger partial charge in [-0.3, -0.25) is 4.98 Å². The Balaban J connectivity index is 2.18. The van der Waals surface area contributed by atoms with Gasteiger partial charge < -0.3 is 10.1 Å². The van der Waals surface area contributed by atoms with Gasteiger partial charge in [-0.05, 0) is 45.9 Å². The molecule has 0 aliphatic carbocycles. The molecule has 1 aromatic heterocycles. The third kappa shape index (κ3) is 4.07. The second-order valence-corrected chi connectivity index (χ2v) is 5.90. The number of hydrogen-bond acceptors (Lipinski definition) is 3. The molecule has 0 spiro atoms. The standard InChI is InChI=1S/C17H22N2O/c1-13-15(10-7-11-18-13)20-16-9-6-5-8-14(16)12-19-17(2,3)4/h5-11,19H,12H2,1-4H3. The number of aromatic nitrogens is 1. The predicted molar refractivity (Wildman–Crippen MR) is 82.1 cm³/mol. The third-order valence-electron chi connectivity index (χ3n) is 2.96. The molecule has 0 bridgehead atoms. The molecule has 3 heteroatoms. The summed E-state index contributed by atoms with van der Waals surface area (Å²) in [5.41, 5.74) is 2.12. The average Bonchev–Trinajstić information content (AvgIpc) is 2.39. The van der Waals surface area contributed by atoms with Crippen molar-refractivity contribution in [3.8, 4) is 11.5 Å². The van der Waals surface area contributed by atoms with Crippen LogP contribution in [0.1, 0.15) is 32.0 Å². The van der Waals surface area contributed by atoms with Crippen molar-refractivity contribution < 1.29 is 4.74 Å². The first-order chi connectivity index (χ1) is 9.46. The van der Waals surface area contributed by atoms with Gasteiger partial charge in [0.25, 0.3) is 0 Å². The van der Waals surface area contributed by atoms with E-state index < -0.39 is 0 Å². The maximum Gasteiger partial charge on any atom is 0.148 e. The van der Waals surface area contributed by atoms with Crippen molar-refractivity contribution in [1.29, 1.82) is 0 Å². The van der Waals surface area contributed by atoms with Gasteiger partial charge in [-0.25, -0.2) is 0 Å². The largest absolute Gasteiger partial charge is 0.455 e. The Kier molecular flexibility index (Phi) is 4.40. The minimum absolute atomic E-state index is 0.0807. The SMILES string of the molecule is Cc1ncccc1Oc1ccccc1CNC(C)(C)C. The van der Waals surface area contributed by atoms with Gasteiger partial charge in [0, 0.05) is 23.8 Å². The van der Waals surface area contributed by atoms with Crippen LogP contribution in [0.3, 0.4) is 0 Å². The topological polar surface area (TPSA) is 34.1 Å². The van der Waals surface area contributed by atoms with Crippen LogP contribution in [0.5, 0.6) is 11.5 Å². The molecule has 0 aliphatic rings. The van der Waals surface area contributed by atoms with Crippen LogP contribution in [0.15, 0.2) is 42.6 Å². The highest BCUT2D eigenvalue weighted by Crippen LogP contribution is 2.26. The van der Waals surface area contributed by atoms with Crippen LogP contribution in [0.25, 0.3) is 0 Å². The smallest absolute Gasteiger partial charge is 0.148 e. The fourth-order valence-electron chi connectivity index (χ4n) is 1.81. The minimum Gasteiger partial charge on any atom is -0.455 e. The summed E-state index contributed by atoms with van der Waals surface area (Å²) in [5.74, 6) is 1.68. The van der Waals surface area contributed by atoms with Gasteiger partial charge in [0.1, 0.15) is 11.5 Å². The highest BCUT2D eigenvalue weighted by atomic mass is 16.5. The predicted octanol–water partition coefficient (Wildman–Crippen LogP) is 4.07. The fraction of sp³-hybridized carbons (Fsp3) is 0.353. The first-order valence-corrected chi connectivity index (χ1v) is 6.88. The van der Waals surface area contributed by atoms with Gasteiger partial charge in [-0.15, -0.1) is 0 Å². The molecule has 20 heavy (non-hydrogen) atoms.